The molecule has 4 N–H and O–H groups in total. The molecule has 2 atom stereocenters. The maximum Gasteiger partial charge on any atom is 0.253 e. The van der Waals surface area contributed by atoms with Crippen LogP contribution in [0.3, 0.4) is 0 Å². The Kier molecular flexibility index (Phi) is 7.88. The summed E-state index contributed by atoms with van der Waals surface area (Å²) in [6.07, 6.45) is 1.14. The number of fused-ring (bicyclic) bond motifs is 4. The minimum Gasteiger partial charge on any atom is -0.348 e. The van der Waals surface area contributed by atoms with Crippen LogP contribution in [-0.2, 0) is 0 Å². The minimum absolute atomic E-state index is 0.285. The smallest absolute Gasteiger partial charge is 0.253 e. The molecule has 0 aliphatic heterocycles. The third-order valence-corrected chi connectivity index (χ3v) is 8.32. The fourth-order valence-corrected chi connectivity index (χ4v) is 5.80. The number of para-hydroxylation sites is 4. The molecule has 2 aromatic heterocycles. The highest BCUT2D eigenvalue weighted by Crippen LogP contribution is 2.23. The molecule has 222 valence electrons. The van der Waals surface area contributed by atoms with Crippen LogP contribution in [0.4, 0.5) is 0 Å². The van der Waals surface area contributed by atoms with Crippen LogP contribution in [0.2, 0.25) is 0 Å². The number of nitrogens with zero attached hydrogens (tertiary/aromatic N) is 4. The molecule has 0 spiro atoms. The molecule has 0 bridgehead atoms. The summed E-state index contributed by atoms with van der Waals surface area (Å²) < 4.78 is 0. The topological polar surface area (TPSA) is 136 Å². The van der Waals surface area contributed by atoms with Crippen molar-refractivity contribution in [3.8, 4) is 0 Å². The third kappa shape index (κ3) is 5.31. The van der Waals surface area contributed by atoms with E-state index < -0.39 is 18.1 Å². The van der Waals surface area contributed by atoms with Gasteiger partial charge in [0.15, 0.2) is 0 Å². The van der Waals surface area contributed by atoms with Crippen molar-refractivity contribution in [2.75, 3.05) is 0 Å². The van der Waals surface area contributed by atoms with E-state index >= 15 is 0 Å². The Morgan fingerprint density at radius 3 is 1.32 bits per heavy atom. The highest BCUT2D eigenvalue weighted by molar-refractivity contribution is 6.07. The molecule has 2 unspecified atom stereocenters. The predicted octanol–water partition coefficient (Wildman–Crippen LogP) is 5.54. The van der Waals surface area contributed by atoms with Gasteiger partial charge in [-0.05, 0) is 74.2 Å². The van der Waals surface area contributed by atoms with Gasteiger partial charge in [-0.25, -0.2) is 19.9 Å². The van der Waals surface area contributed by atoms with Crippen molar-refractivity contribution < 1.29 is 9.59 Å². The highest BCUT2D eigenvalue weighted by atomic mass is 16.2. The van der Waals surface area contributed by atoms with Crippen molar-refractivity contribution in [1.29, 1.82) is 0 Å². The number of amides is 2. The van der Waals surface area contributed by atoms with E-state index in [4.69, 9.17) is 25.7 Å². The SMILES string of the molecule is CCC(NC(=O)c1cccc2nc3c(C)cccc3nc12)C(N)C(CC)NC(=O)c1cccc2nc3c(C)cccc3nc12. The molecule has 9 heteroatoms. The lowest BCUT2D eigenvalue weighted by molar-refractivity contribution is 0.0909. The molecule has 6 aromatic rings. The fraction of sp³-hybridized carbons (Fsp3) is 0.257. The van der Waals surface area contributed by atoms with Gasteiger partial charge in [0, 0.05) is 18.1 Å². The van der Waals surface area contributed by atoms with Gasteiger partial charge in [0.05, 0.1) is 44.2 Å². The third-order valence-electron chi connectivity index (χ3n) is 8.32. The van der Waals surface area contributed by atoms with Crippen LogP contribution in [0, 0.1) is 13.8 Å². The van der Waals surface area contributed by atoms with Crippen LogP contribution in [0.15, 0.2) is 72.8 Å². The van der Waals surface area contributed by atoms with Crippen molar-refractivity contribution in [3.05, 3.63) is 95.1 Å². The number of nitrogens with two attached hydrogens (primary N) is 1. The Morgan fingerprint density at radius 2 is 0.932 bits per heavy atom. The first-order chi connectivity index (χ1) is 21.3. The lowest BCUT2D eigenvalue weighted by atomic mass is 9.95. The van der Waals surface area contributed by atoms with Crippen LogP contribution >= 0.6 is 0 Å². The number of rotatable bonds is 8. The summed E-state index contributed by atoms with van der Waals surface area (Å²) in [6.45, 7) is 7.91. The zero-order valence-corrected chi connectivity index (χ0v) is 25.3. The number of nitrogens with one attached hydrogen (secondary N) is 2. The molecule has 2 heterocycles. The van der Waals surface area contributed by atoms with Crippen LogP contribution in [0.25, 0.3) is 44.1 Å². The van der Waals surface area contributed by atoms with Gasteiger partial charge < -0.3 is 16.4 Å². The molecule has 0 aliphatic rings. The van der Waals surface area contributed by atoms with E-state index in [1.807, 2.05) is 88.4 Å². The van der Waals surface area contributed by atoms with Crippen molar-refractivity contribution in [2.24, 2.45) is 5.73 Å². The summed E-state index contributed by atoms with van der Waals surface area (Å²) in [7, 11) is 0. The van der Waals surface area contributed by atoms with E-state index in [1.54, 1.807) is 12.1 Å². The number of carbonyl (C=O) groups excluding carboxylic acids is 2. The first-order valence-electron chi connectivity index (χ1n) is 15.0. The summed E-state index contributed by atoms with van der Waals surface area (Å²) in [5.41, 5.74) is 15.1. The number of aryl methyl sites for hydroxylation is 2. The zero-order valence-electron chi connectivity index (χ0n) is 25.3. The summed E-state index contributed by atoms with van der Waals surface area (Å²) in [5, 5.41) is 6.22. The number of carbonyl (C=O) groups is 2. The normalized spacial score (nSPS) is 13.7. The molecule has 0 aliphatic carbocycles. The molecule has 0 radical (unpaired) electrons. The van der Waals surface area contributed by atoms with Gasteiger partial charge in [0.2, 0.25) is 0 Å². The molecule has 2 amide bonds. The Hall–Kier alpha value is -5.02. The van der Waals surface area contributed by atoms with Gasteiger partial charge in [-0.15, -0.1) is 0 Å². The second-order valence-electron chi connectivity index (χ2n) is 11.2. The van der Waals surface area contributed by atoms with Gasteiger partial charge in [0.1, 0.15) is 11.0 Å². The minimum atomic E-state index is -0.549. The number of hydrogen-bond acceptors (Lipinski definition) is 7. The van der Waals surface area contributed by atoms with Crippen LogP contribution < -0.4 is 16.4 Å². The molecule has 0 saturated carbocycles. The monoisotopic (exact) mass is 585 g/mol. The molecule has 4 aromatic carbocycles. The van der Waals surface area contributed by atoms with Gasteiger partial charge in [0.25, 0.3) is 11.8 Å². The van der Waals surface area contributed by atoms with E-state index in [0.29, 0.717) is 46.0 Å². The Morgan fingerprint density at radius 1 is 0.591 bits per heavy atom. The zero-order chi connectivity index (χ0) is 31.0. The van der Waals surface area contributed by atoms with E-state index in [-0.39, 0.29) is 11.8 Å². The summed E-state index contributed by atoms with van der Waals surface area (Å²) in [5.74, 6) is -0.571. The van der Waals surface area contributed by atoms with Gasteiger partial charge in [-0.3, -0.25) is 9.59 Å². The Labute approximate surface area is 255 Å². The summed E-state index contributed by atoms with van der Waals surface area (Å²) in [6, 6.07) is 21.1. The lowest BCUT2D eigenvalue weighted by Crippen LogP contribution is -2.58. The van der Waals surface area contributed by atoms with Crippen LogP contribution in [0.5, 0.6) is 0 Å². The van der Waals surface area contributed by atoms with Crippen molar-refractivity contribution >= 4 is 55.9 Å². The second-order valence-corrected chi connectivity index (χ2v) is 11.2. The van der Waals surface area contributed by atoms with Crippen LogP contribution in [0.1, 0.15) is 58.5 Å². The Balaban J connectivity index is 1.24. The van der Waals surface area contributed by atoms with E-state index in [9.17, 15) is 9.59 Å². The van der Waals surface area contributed by atoms with Crippen LogP contribution in [-0.4, -0.2) is 49.9 Å². The van der Waals surface area contributed by atoms with Gasteiger partial charge in [-0.1, -0.05) is 50.2 Å². The molecule has 6 rings (SSSR count). The maximum absolute atomic E-state index is 13.6. The van der Waals surface area contributed by atoms with Gasteiger partial charge >= 0.3 is 0 Å². The first kappa shape index (κ1) is 29.1. The van der Waals surface area contributed by atoms with Gasteiger partial charge in [-0.2, -0.15) is 0 Å². The number of hydrogen-bond donors (Lipinski definition) is 3. The fourth-order valence-electron chi connectivity index (χ4n) is 5.80. The Bertz CT molecular complexity index is 1910. The number of aromatic nitrogens is 4. The average molecular weight is 586 g/mol. The largest absolute Gasteiger partial charge is 0.348 e. The standard InChI is InChI=1S/C35H35N7O2/c1-5-23(41-34(43)21-13-9-17-27-32(21)39-25-15-7-11-19(3)30(25)37-27)29(36)24(6-2)42-35(44)22-14-10-18-28-33(22)40-26-16-8-12-20(4)31(26)38-28/h7-18,23-24,29H,5-6,36H2,1-4H3,(H,41,43)(H,42,44). The molecule has 44 heavy (non-hydrogen) atoms. The summed E-state index contributed by atoms with van der Waals surface area (Å²) in [4.78, 5) is 46.4. The molecule has 0 fully saturated rings. The van der Waals surface area contributed by atoms with E-state index in [1.165, 1.54) is 0 Å². The van der Waals surface area contributed by atoms with E-state index in [0.717, 1.165) is 33.2 Å². The second kappa shape index (κ2) is 11.9. The van der Waals surface area contributed by atoms with Crippen molar-refractivity contribution in [2.45, 2.75) is 58.7 Å². The van der Waals surface area contributed by atoms with E-state index in [2.05, 4.69) is 10.6 Å². The molecule has 9 nitrogen and oxygen atoms in total. The first-order valence-corrected chi connectivity index (χ1v) is 15.0. The molecule has 0 saturated heterocycles. The molecular weight excluding hydrogens is 550 g/mol. The van der Waals surface area contributed by atoms with Crippen molar-refractivity contribution in [1.82, 2.24) is 30.6 Å². The summed E-state index contributed by atoms with van der Waals surface area (Å²) >= 11 is 0. The quantitative estimate of drug-likeness (QED) is 0.200. The molecular formula is C35H35N7O2. The maximum atomic E-state index is 13.6. The average Bonchev–Trinajstić information content (AvgIpc) is 3.04. The van der Waals surface area contributed by atoms with Crippen molar-refractivity contribution in [3.63, 3.8) is 0 Å². The number of benzene rings is 4. The highest BCUT2D eigenvalue weighted by Gasteiger charge is 2.28. The lowest BCUT2D eigenvalue weighted by Gasteiger charge is -2.31. The predicted molar refractivity (Wildman–Crippen MR) is 175 cm³/mol.